The van der Waals surface area contributed by atoms with Crippen LogP contribution < -0.4 is 10.6 Å². The maximum Gasteiger partial charge on any atom is 0.315 e. The molecule has 2 aliphatic rings. The summed E-state index contributed by atoms with van der Waals surface area (Å²) in [6.07, 6.45) is 7.23. The molecule has 0 bridgehead atoms. The second kappa shape index (κ2) is 7.66. The summed E-state index contributed by atoms with van der Waals surface area (Å²) in [7, 11) is 0. The standard InChI is InChI=1S/C19H23FN4O3/c20-16-9-14(1-2-17(16)24-6-5-21-13-24)11-22-18(25)23-15-3-7-27-19(10-15)4-8-26-12-19/h1-2,5-6,9,13,15H,3-4,7-8,10-12H2,(H2,22,23,25). The average Bonchev–Trinajstić information content (AvgIpc) is 3.33. The fraction of sp³-hybridized carbons (Fsp3) is 0.474. The van der Waals surface area contributed by atoms with Gasteiger partial charge in [-0.15, -0.1) is 0 Å². The molecule has 0 radical (unpaired) electrons. The fourth-order valence-corrected chi connectivity index (χ4v) is 3.70. The molecule has 8 heteroatoms. The Kier molecular flexibility index (Phi) is 5.09. The van der Waals surface area contributed by atoms with E-state index < -0.39 is 0 Å². The zero-order valence-electron chi connectivity index (χ0n) is 15.0. The molecule has 4 rings (SSSR count). The largest absolute Gasteiger partial charge is 0.378 e. The fourth-order valence-electron chi connectivity index (χ4n) is 3.70. The summed E-state index contributed by atoms with van der Waals surface area (Å²) in [6, 6.07) is 4.69. The van der Waals surface area contributed by atoms with Crippen molar-refractivity contribution >= 4 is 6.03 Å². The molecular weight excluding hydrogens is 351 g/mol. The highest BCUT2D eigenvalue weighted by molar-refractivity contribution is 5.74. The van der Waals surface area contributed by atoms with Crippen LogP contribution in [0.15, 0.2) is 36.9 Å². The van der Waals surface area contributed by atoms with E-state index in [1.54, 1.807) is 35.4 Å². The van der Waals surface area contributed by atoms with Crippen LogP contribution in [0.2, 0.25) is 0 Å². The van der Waals surface area contributed by atoms with Crippen molar-refractivity contribution in [2.75, 3.05) is 19.8 Å². The molecule has 0 saturated carbocycles. The highest BCUT2D eigenvalue weighted by atomic mass is 19.1. The second-order valence-corrected chi connectivity index (χ2v) is 7.11. The van der Waals surface area contributed by atoms with E-state index >= 15 is 0 Å². The third kappa shape index (κ3) is 4.12. The Morgan fingerprint density at radius 3 is 3.07 bits per heavy atom. The van der Waals surface area contributed by atoms with E-state index in [0.717, 1.165) is 19.3 Å². The molecule has 2 unspecified atom stereocenters. The molecule has 2 fully saturated rings. The zero-order valence-corrected chi connectivity index (χ0v) is 15.0. The van der Waals surface area contributed by atoms with Crippen LogP contribution >= 0.6 is 0 Å². The summed E-state index contributed by atoms with van der Waals surface area (Å²) in [4.78, 5) is 16.1. The maximum atomic E-state index is 14.3. The van der Waals surface area contributed by atoms with Crippen LogP contribution in [0.5, 0.6) is 0 Å². The van der Waals surface area contributed by atoms with Gasteiger partial charge in [-0.1, -0.05) is 6.07 Å². The molecule has 2 saturated heterocycles. The van der Waals surface area contributed by atoms with E-state index in [9.17, 15) is 9.18 Å². The molecule has 2 atom stereocenters. The van der Waals surface area contributed by atoms with Crippen molar-refractivity contribution in [1.29, 1.82) is 0 Å². The quantitative estimate of drug-likeness (QED) is 0.860. The van der Waals surface area contributed by atoms with Crippen LogP contribution in [-0.2, 0) is 16.0 Å². The number of rotatable bonds is 4. The Balaban J connectivity index is 1.30. The first-order valence-corrected chi connectivity index (χ1v) is 9.16. The van der Waals surface area contributed by atoms with Crippen molar-refractivity contribution in [2.45, 2.75) is 37.5 Å². The van der Waals surface area contributed by atoms with Gasteiger partial charge in [-0.05, 0) is 30.5 Å². The van der Waals surface area contributed by atoms with Crippen LogP contribution in [0, 0.1) is 5.82 Å². The van der Waals surface area contributed by atoms with Gasteiger partial charge in [0.2, 0.25) is 0 Å². The molecule has 2 amide bonds. The number of halogens is 1. The second-order valence-electron chi connectivity index (χ2n) is 7.11. The summed E-state index contributed by atoms with van der Waals surface area (Å²) in [5.41, 5.74) is 0.869. The van der Waals surface area contributed by atoms with Crippen molar-refractivity contribution in [1.82, 2.24) is 20.2 Å². The lowest BCUT2D eigenvalue weighted by atomic mass is 9.90. The summed E-state index contributed by atoms with van der Waals surface area (Å²) in [5.74, 6) is -0.361. The molecule has 0 aliphatic carbocycles. The predicted molar refractivity (Wildman–Crippen MR) is 96.0 cm³/mol. The Labute approximate surface area is 156 Å². The summed E-state index contributed by atoms with van der Waals surface area (Å²) >= 11 is 0. The smallest absolute Gasteiger partial charge is 0.315 e. The van der Waals surface area contributed by atoms with Gasteiger partial charge in [-0.2, -0.15) is 0 Å². The number of hydrogen-bond acceptors (Lipinski definition) is 4. The monoisotopic (exact) mass is 374 g/mol. The average molecular weight is 374 g/mol. The maximum absolute atomic E-state index is 14.3. The first-order valence-electron chi connectivity index (χ1n) is 9.16. The molecule has 2 aromatic rings. The Morgan fingerprint density at radius 2 is 2.33 bits per heavy atom. The van der Waals surface area contributed by atoms with E-state index in [0.29, 0.717) is 31.1 Å². The number of urea groups is 1. The minimum Gasteiger partial charge on any atom is -0.378 e. The van der Waals surface area contributed by atoms with Gasteiger partial charge >= 0.3 is 6.03 Å². The van der Waals surface area contributed by atoms with Crippen LogP contribution in [0.4, 0.5) is 9.18 Å². The molecular formula is C19H23FN4O3. The zero-order chi connectivity index (χ0) is 18.7. The molecule has 7 nitrogen and oxygen atoms in total. The van der Waals surface area contributed by atoms with Crippen molar-refractivity contribution in [2.24, 2.45) is 0 Å². The van der Waals surface area contributed by atoms with Gasteiger partial charge in [0.1, 0.15) is 5.82 Å². The minimum absolute atomic E-state index is 0.0563. The number of nitrogens with zero attached hydrogens (tertiary/aromatic N) is 2. The molecule has 144 valence electrons. The van der Waals surface area contributed by atoms with Gasteiger partial charge in [0.15, 0.2) is 0 Å². The van der Waals surface area contributed by atoms with E-state index in [4.69, 9.17) is 9.47 Å². The Bertz CT molecular complexity index is 790. The molecule has 27 heavy (non-hydrogen) atoms. The number of hydrogen-bond donors (Lipinski definition) is 2. The molecule has 3 heterocycles. The van der Waals surface area contributed by atoms with Gasteiger partial charge in [-0.25, -0.2) is 14.2 Å². The SMILES string of the molecule is O=C(NCc1ccc(-n2ccnc2)c(F)c1)NC1CCOC2(CCOC2)C1. The number of carbonyl (C=O) groups excluding carboxylic acids is 1. The predicted octanol–water partition coefficient (Wildman–Crippen LogP) is 2.15. The number of imidazole rings is 1. The highest BCUT2D eigenvalue weighted by Gasteiger charge is 2.41. The number of amides is 2. The van der Waals surface area contributed by atoms with Crippen molar-refractivity contribution in [3.63, 3.8) is 0 Å². The first kappa shape index (κ1) is 17.9. The first-order chi connectivity index (χ1) is 13.1. The van der Waals surface area contributed by atoms with Crippen molar-refractivity contribution in [3.8, 4) is 5.69 Å². The van der Waals surface area contributed by atoms with Crippen molar-refractivity contribution < 1.29 is 18.7 Å². The van der Waals surface area contributed by atoms with Crippen LogP contribution in [-0.4, -0.2) is 47.0 Å². The van der Waals surface area contributed by atoms with Crippen LogP contribution in [0.1, 0.15) is 24.8 Å². The molecule has 2 aliphatic heterocycles. The highest BCUT2D eigenvalue weighted by Crippen LogP contribution is 2.32. The number of ether oxygens (including phenoxy) is 2. The minimum atomic E-state index is -0.361. The van der Waals surface area contributed by atoms with E-state index in [1.807, 2.05) is 0 Å². The summed E-state index contributed by atoms with van der Waals surface area (Å²) in [5, 5.41) is 5.80. The van der Waals surface area contributed by atoms with Gasteiger partial charge in [-0.3, -0.25) is 0 Å². The van der Waals surface area contributed by atoms with Crippen LogP contribution in [0.25, 0.3) is 5.69 Å². The van der Waals surface area contributed by atoms with Gasteiger partial charge in [0.25, 0.3) is 0 Å². The summed E-state index contributed by atoms with van der Waals surface area (Å²) < 4.78 is 27.2. The normalized spacial score (nSPS) is 24.9. The third-order valence-electron chi connectivity index (χ3n) is 5.14. The van der Waals surface area contributed by atoms with Crippen LogP contribution in [0.3, 0.4) is 0 Å². The number of nitrogens with one attached hydrogen (secondary N) is 2. The lowest BCUT2D eigenvalue weighted by molar-refractivity contribution is -0.0878. The summed E-state index contributed by atoms with van der Waals surface area (Å²) in [6.45, 7) is 2.18. The van der Waals surface area contributed by atoms with Gasteiger partial charge < -0.3 is 24.7 Å². The van der Waals surface area contributed by atoms with E-state index in [1.165, 1.54) is 6.07 Å². The molecule has 2 N–H and O–H groups in total. The molecule has 1 aromatic carbocycles. The van der Waals surface area contributed by atoms with Gasteiger partial charge in [0.05, 0.1) is 24.2 Å². The number of carbonyl (C=O) groups is 1. The lowest BCUT2D eigenvalue weighted by Gasteiger charge is -2.37. The topological polar surface area (TPSA) is 77.4 Å². The third-order valence-corrected chi connectivity index (χ3v) is 5.14. The van der Waals surface area contributed by atoms with Crippen molar-refractivity contribution in [3.05, 3.63) is 48.3 Å². The molecule has 1 spiro atoms. The van der Waals surface area contributed by atoms with E-state index in [-0.39, 0.29) is 30.0 Å². The Morgan fingerprint density at radius 1 is 1.41 bits per heavy atom. The molecule has 1 aromatic heterocycles. The van der Waals surface area contributed by atoms with E-state index in [2.05, 4.69) is 15.6 Å². The number of benzene rings is 1. The lowest BCUT2D eigenvalue weighted by Crippen LogP contribution is -2.51. The number of aromatic nitrogens is 2. The Hall–Kier alpha value is -2.45. The van der Waals surface area contributed by atoms with Gasteiger partial charge in [0, 0.05) is 44.6 Å².